The van der Waals surface area contributed by atoms with Gasteiger partial charge in [-0.05, 0) is 87.3 Å². The molecule has 206 valence electrons. The van der Waals surface area contributed by atoms with Gasteiger partial charge in [0.1, 0.15) is 0 Å². The lowest BCUT2D eigenvalue weighted by Gasteiger charge is -2.12. The van der Waals surface area contributed by atoms with Crippen molar-refractivity contribution in [3.05, 3.63) is 163 Å². The third-order valence-electron chi connectivity index (χ3n) is 9.26. The highest BCUT2D eigenvalue weighted by molar-refractivity contribution is 6.23. The Hall–Kier alpha value is -5.66. The standard InChI is InChI=1S/C43H29N/c1-28-24-34(33-15-8-14-32(26-33)31-13-7-12-30(25-31)29-10-3-2-4-11-29)20-22-36(28)35-21-23-42-40(27-35)39-18-9-17-38-37-16-5-6-19-41(37)44(42)43(38)39/h2-27H,1H3. The van der Waals surface area contributed by atoms with Gasteiger partial charge in [-0.3, -0.25) is 0 Å². The predicted octanol–water partition coefficient (Wildman–Crippen LogP) is 11.8. The van der Waals surface area contributed by atoms with Crippen LogP contribution in [0.15, 0.2) is 158 Å². The molecule has 0 fully saturated rings. The van der Waals surface area contributed by atoms with Gasteiger partial charge in [-0.2, -0.15) is 0 Å². The number of para-hydroxylation sites is 2. The molecular weight excluding hydrogens is 530 g/mol. The summed E-state index contributed by atoms with van der Waals surface area (Å²) in [5, 5.41) is 5.27. The molecule has 9 aromatic rings. The molecule has 0 aliphatic rings. The van der Waals surface area contributed by atoms with E-state index in [9.17, 15) is 0 Å². The second-order valence-corrected chi connectivity index (χ2v) is 11.8. The Labute approximate surface area is 256 Å². The van der Waals surface area contributed by atoms with E-state index in [2.05, 4.69) is 169 Å². The van der Waals surface area contributed by atoms with Crippen molar-refractivity contribution >= 4 is 38.1 Å². The lowest BCUT2D eigenvalue weighted by atomic mass is 9.93. The highest BCUT2D eigenvalue weighted by Gasteiger charge is 2.17. The number of benzene rings is 7. The number of hydrogen-bond donors (Lipinski definition) is 0. The van der Waals surface area contributed by atoms with Gasteiger partial charge in [-0.1, -0.05) is 127 Å². The second kappa shape index (κ2) is 9.69. The predicted molar refractivity (Wildman–Crippen MR) is 188 cm³/mol. The molecule has 44 heavy (non-hydrogen) atoms. The van der Waals surface area contributed by atoms with E-state index in [1.807, 2.05) is 0 Å². The average molecular weight is 560 g/mol. The number of aromatic nitrogens is 1. The molecule has 0 radical (unpaired) electrons. The first-order valence-corrected chi connectivity index (χ1v) is 15.3. The fourth-order valence-electron chi connectivity index (χ4n) is 7.15. The zero-order valence-electron chi connectivity index (χ0n) is 24.5. The Kier molecular flexibility index (Phi) is 5.48. The van der Waals surface area contributed by atoms with Crippen LogP contribution in [-0.4, -0.2) is 4.40 Å². The molecule has 0 saturated heterocycles. The molecule has 0 bridgehead atoms. The van der Waals surface area contributed by atoms with Gasteiger partial charge in [0, 0.05) is 21.5 Å². The summed E-state index contributed by atoms with van der Waals surface area (Å²) in [6.45, 7) is 2.23. The first-order valence-electron chi connectivity index (χ1n) is 15.3. The maximum absolute atomic E-state index is 2.44. The van der Waals surface area contributed by atoms with Crippen LogP contribution in [0.25, 0.3) is 82.6 Å². The van der Waals surface area contributed by atoms with Gasteiger partial charge in [0.2, 0.25) is 0 Å². The highest BCUT2D eigenvalue weighted by atomic mass is 14.9. The summed E-state index contributed by atoms with van der Waals surface area (Å²) in [5.41, 5.74) is 15.1. The molecule has 0 atom stereocenters. The summed E-state index contributed by atoms with van der Waals surface area (Å²) in [5.74, 6) is 0. The number of aryl methyl sites for hydroxylation is 1. The Balaban J connectivity index is 1.10. The van der Waals surface area contributed by atoms with Gasteiger partial charge in [0.05, 0.1) is 16.6 Å². The van der Waals surface area contributed by atoms with Gasteiger partial charge in [0.25, 0.3) is 0 Å². The van der Waals surface area contributed by atoms with E-state index in [0.717, 1.165) is 0 Å². The number of fused-ring (bicyclic) bond motifs is 6. The van der Waals surface area contributed by atoms with Crippen LogP contribution in [0.1, 0.15) is 5.56 Å². The molecule has 0 N–H and O–H groups in total. The normalized spacial score (nSPS) is 11.8. The van der Waals surface area contributed by atoms with Crippen LogP contribution in [0, 0.1) is 6.92 Å². The zero-order chi connectivity index (χ0) is 29.2. The lowest BCUT2D eigenvalue weighted by molar-refractivity contribution is 1.37. The van der Waals surface area contributed by atoms with Gasteiger partial charge < -0.3 is 4.40 Å². The largest absolute Gasteiger partial charge is 0.308 e. The molecule has 2 aromatic heterocycles. The monoisotopic (exact) mass is 559 g/mol. The van der Waals surface area contributed by atoms with Gasteiger partial charge in [-0.25, -0.2) is 0 Å². The molecule has 9 rings (SSSR count). The first kappa shape index (κ1) is 24.9. The molecule has 0 aliphatic carbocycles. The van der Waals surface area contributed by atoms with Crippen molar-refractivity contribution in [2.75, 3.05) is 0 Å². The summed E-state index contributed by atoms with van der Waals surface area (Å²) in [6.07, 6.45) is 0. The maximum atomic E-state index is 2.44. The molecule has 0 amide bonds. The van der Waals surface area contributed by atoms with Crippen LogP contribution in [0.3, 0.4) is 0 Å². The van der Waals surface area contributed by atoms with Crippen LogP contribution >= 0.6 is 0 Å². The zero-order valence-corrected chi connectivity index (χ0v) is 24.5. The van der Waals surface area contributed by atoms with Crippen molar-refractivity contribution in [3.8, 4) is 44.5 Å². The second-order valence-electron chi connectivity index (χ2n) is 11.8. The van der Waals surface area contributed by atoms with E-state index in [1.165, 1.54) is 88.2 Å². The number of rotatable bonds is 4. The summed E-state index contributed by atoms with van der Waals surface area (Å²) in [4.78, 5) is 0. The molecule has 2 heterocycles. The highest BCUT2D eigenvalue weighted by Crippen LogP contribution is 2.41. The molecular formula is C43H29N. The topological polar surface area (TPSA) is 4.41 Å². The fraction of sp³-hybridized carbons (Fsp3) is 0.0233. The van der Waals surface area contributed by atoms with Crippen molar-refractivity contribution in [3.63, 3.8) is 0 Å². The summed E-state index contributed by atoms with van der Waals surface area (Å²) >= 11 is 0. The van der Waals surface area contributed by atoms with Crippen LogP contribution in [0.4, 0.5) is 0 Å². The van der Waals surface area contributed by atoms with Crippen molar-refractivity contribution < 1.29 is 0 Å². The summed E-state index contributed by atoms with van der Waals surface area (Å²) in [6, 6.07) is 57.7. The van der Waals surface area contributed by atoms with Crippen molar-refractivity contribution in [2.45, 2.75) is 6.92 Å². The first-order chi connectivity index (χ1) is 21.7. The molecule has 7 aromatic carbocycles. The number of nitrogens with zero attached hydrogens (tertiary/aromatic N) is 1. The van der Waals surface area contributed by atoms with E-state index in [1.54, 1.807) is 0 Å². The lowest BCUT2D eigenvalue weighted by Crippen LogP contribution is -1.87. The van der Waals surface area contributed by atoms with Gasteiger partial charge in [-0.15, -0.1) is 0 Å². The SMILES string of the molecule is Cc1cc(-c2cccc(-c3cccc(-c4ccccc4)c3)c2)ccc1-c1ccc2c(c1)c1cccc3c4ccccc4n2c31. The maximum Gasteiger partial charge on any atom is 0.0620 e. The quantitative estimate of drug-likeness (QED) is 0.202. The Morgan fingerprint density at radius 2 is 0.864 bits per heavy atom. The number of hydrogen-bond acceptors (Lipinski definition) is 0. The van der Waals surface area contributed by atoms with Crippen molar-refractivity contribution in [2.24, 2.45) is 0 Å². The van der Waals surface area contributed by atoms with E-state index >= 15 is 0 Å². The molecule has 1 heteroatoms. The van der Waals surface area contributed by atoms with Gasteiger partial charge in [0.15, 0.2) is 0 Å². The average Bonchev–Trinajstić information content (AvgIpc) is 3.61. The van der Waals surface area contributed by atoms with E-state index < -0.39 is 0 Å². The molecule has 0 aliphatic heterocycles. The molecule has 0 saturated carbocycles. The van der Waals surface area contributed by atoms with Gasteiger partial charge >= 0.3 is 0 Å². The van der Waals surface area contributed by atoms with Crippen LogP contribution in [0.2, 0.25) is 0 Å². The van der Waals surface area contributed by atoms with Crippen LogP contribution in [0.5, 0.6) is 0 Å². The summed E-state index contributed by atoms with van der Waals surface area (Å²) in [7, 11) is 0. The van der Waals surface area contributed by atoms with Crippen LogP contribution < -0.4 is 0 Å². The van der Waals surface area contributed by atoms with Crippen molar-refractivity contribution in [1.29, 1.82) is 0 Å². The minimum absolute atomic E-state index is 1.23. The molecule has 0 spiro atoms. The third-order valence-corrected chi connectivity index (χ3v) is 9.26. The molecule has 1 nitrogen and oxygen atoms in total. The summed E-state index contributed by atoms with van der Waals surface area (Å²) < 4.78 is 2.44. The Morgan fingerprint density at radius 3 is 1.59 bits per heavy atom. The van der Waals surface area contributed by atoms with E-state index in [0.29, 0.717) is 0 Å². The van der Waals surface area contributed by atoms with E-state index in [-0.39, 0.29) is 0 Å². The van der Waals surface area contributed by atoms with Crippen LogP contribution in [-0.2, 0) is 0 Å². The van der Waals surface area contributed by atoms with Crippen molar-refractivity contribution in [1.82, 2.24) is 4.40 Å². The van der Waals surface area contributed by atoms with E-state index in [4.69, 9.17) is 0 Å². The Morgan fingerprint density at radius 1 is 0.341 bits per heavy atom. The minimum Gasteiger partial charge on any atom is -0.308 e. The fourth-order valence-corrected chi connectivity index (χ4v) is 7.15. The minimum atomic E-state index is 1.23. The Bertz CT molecular complexity index is 2500. The molecule has 0 unspecified atom stereocenters. The third kappa shape index (κ3) is 3.80. The smallest absolute Gasteiger partial charge is 0.0620 e.